The second-order valence-corrected chi connectivity index (χ2v) is 6.18. The molecule has 8 heteroatoms. The van der Waals surface area contributed by atoms with E-state index in [2.05, 4.69) is 20.0 Å². The van der Waals surface area contributed by atoms with Gasteiger partial charge in [-0.2, -0.15) is 12.7 Å². The Hall–Kier alpha value is -1.25. The molecule has 0 amide bonds. The van der Waals surface area contributed by atoms with Crippen molar-refractivity contribution < 1.29 is 8.42 Å². The summed E-state index contributed by atoms with van der Waals surface area (Å²) >= 11 is 0. The number of likely N-dealkylation sites (N-methyl/N-ethyl adjacent to an activating group) is 1. The predicted molar refractivity (Wildman–Crippen MR) is 72.8 cm³/mol. The van der Waals surface area contributed by atoms with E-state index in [-0.39, 0.29) is 6.04 Å². The standard InChI is InChI=1S/C11H19N5O2S/c1-12-8-11-4-2-3-5-16(11)19(17,18)15-10-6-13-9-14-7-10/h6-7,9,11-12,15H,2-5,8H2,1H3. The average molecular weight is 285 g/mol. The van der Waals surface area contributed by atoms with Gasteiger partial charge in [-0.1, -0.05) is 6.42 Å². The van der Waals surface area contributed by atoms with Crippen LogP contribution in [0.1, 0.15) is 19.3 Å². The zero-order valence-electron chi connectivity index (χ0n) is 10.9. The summed E-state index contributed by atoms with van der Waals surface area (Å²) in [5.74, 6) is 0. The van der Waals surface area contributed by atoms with E-state index in [0.717, 1.165) is 19.3 Å². The molecular weight excluding hydrogens is 266 g/mol. The molecule has 1 aromatic heterocycles. The minimum absolute atomic E-state index is 0.000815. The highest BCUT2D eigenvalue weighted by molar-refractivity contribution is 7.90. The topological polar surface area (TPSA) is 87.2 Å². The Morgan fingerprint density at radius 1 is 1.37 bits per heavy atom. The first-order valence-corrected chi connectivity index (χ1v) is 7.76. The minimum Gasteiger partial charge on any atom is -0.318 e. The molecule has 1 fully saturated rings. The fourth-order valence-corrected chi connectivity index (χ4v) is 3.75. The highest BCUT2D eigenvalue weighted by Crippen LogP contribution is 2.21. The molecule has 2 N–H and O–H groups in total. The average Bonchev–Trinajstić information content (AvgIpc) is 2.40. The molecule has 19 heavy (non-hydrogen) atoms. The first-order chi connectivity index (χ1) is 9.13. The highest BCUT2D eigenvalue weighted by atomic mass is 32.2. The molecule has 0 aromatic carbocycles. The second kappa shape index (κ2) is 6.27. The van der Waals surface area contributed by atoms with Crippen LogP contribution in [0.2, 0.25) is 0 Å². The van der Waals surface area contributed by atoms with E-state index >= 15 is 0 Å². The van der Waals surface area contributed by atoms with Crippen LogP contribution >= 0.6 is 0 Å². The van der Waals surface area contributed by atoms with Gasteiger partial charge in [-0.05, 0) is 19.9 Å². The van der Waals surface area contributed by atoms with Crippen LogP contribution < -0.4 is 10.0 Å². The van der Waals surface area contributed by atoms with Crippen molar-refractivity contribution in [2.45, 2.75) is 25.3 Å². The zero-order chi connectivity index (χ0) is 13.7. The minimum atomic E-state index is -3.54. The Bertz CT molecular complexity index is 491. The van der Waals surface area contributed by atoms with Crippen LogP contribution in [0, 0.1) is 0 Å². The lowest BCUT2D eigenvalue weighted by molar-refractivity contribution is 0.250. The summed E-state index contributed by atoms with van der Waals surface area (Å²) in [6.45, 7) is 1.21. The summed E-state index contributed by atoms with van der Waals surface area (Å²) in [6.07, 6.45) is 7.10. The van der Waals surface area contributed by atoms with Crippen LogP contribution in [-0.4, -0.2) is 48.9 Å². The van der Waals surface area contributed by atoms with Gasteiger partial charge >= 0.3 is 10.2 Å². The van der Waals surface area contributed by atoms with Gasteiger partial charge in [-0.15, -0.1) is 0 Å². The summed E-state index contributed by atoms with van der Waals surface area (Å²) < 4.78 is 28.8. The van der Waals surface area contributed by atoms with Gasteiger partial charge in [0.2, 0.25) is 0 Å². The largest absolute Gasteiger partial charge is 0.318 e. The maximum Gasteiger partial charge on any atom is 0.302 e. The zero-order valence-corrected chi connectivity index (χ0v) is 11.7. The number of piperidine rings is 1. The van der Waals surface area contributed by atoms with Gasteiger partial charge in [-0.25, -0.2) is 9.97 Å². The molecule has 0 spiro atoms. The van der Waals surface area contributed by atoms with Crippen LogP contribution in [0.4, 0.5) is 5.69 Å². The molecule has 1 saturated heterocycles. The van der Waals surface area contributed by atoms with Crippen LogP contribution in [0.3, 0.4) is 0 Å². The van der Waals surface area contributed by atoms with E-state index in [4.69, 9.17) is 0 Å². The molecule has 0 saturated carbocycles. The predicted octanol–water partition coefficient (Wildman–Crippen LogP) is 0.207. The van der Waals surface area contributed by atoms with E-state index in [1.54, 1.807) is 0 Å². The van der Waals surface area contributed by atoms with Crippen molar-refractivity contribution in [1.82, 2.24) is 19.6 Å². The third-order valence-electron chi connectivity index (χ3n) is 3.13. The Balaban J connectivity index is 2.13. The normalized spacial score (nSPS) is 21.2. The molecule has 1 unspecified atom stereocenters. The smallest absolute Gasteiger partial charge is 0.302 e. The van der Waals surface area contributed by atoms with Gasteiger partial charge < -0.3 is 5.32 Å². The summed E-state index contributed by atoms with van der Waals surface area (Å²) in [7, 11) is -1.71. The van der Waals surface area contributed by atoms with Crippen LogP contribution in [0.15, 0.2) is 18.7 Å². The molecule has 1 aromatic rings. The fraction of sp³-hybridized carbons (Fsp3) is 0.636. The van der Waals surface area contributed by atoms with Crippen molar-refractivity contribution >= 4 is 15.9 Å². The second-order valence-electron chi connectivity index (χ2n) is 4.55. The molecule has 106 valence electrons. The highest BCUT2D eigenvalue weighted by Gasteiger charge is 2.31. The first kappa shape index (κ1) is 14.2. The van der Waals surface area contributed by atoms with Gasteiger partial charge in [-0.3, -0.25) is 4.72 Å². The van der Waals surface area contributed by atoms with Gasteiger partial charge in [0.15, 0.2) is 0 Å². The van der Waals surface area contributed by atoms with Gasteiger partial charge in [0.25, 0.3) is 0 Å². The SMILES string of the molecule is CNCC1CCCCN1S(=O)(=O)Nc1cncnc1. The third kappa shape index (κ3) is 3.62. The summed E-state index contributed by atoms with van der Waals surface area (Å²) in [5, 5.41) is 3.04. The van der Waals surface area contributed by atoms with Gasteiger partial charge in [0.1, 0.15) is 6.33 Å². The summed E-state index contributed by atoms with van der Waals surface area (Å²) in [6, 6.07) is 0.000815. The number of rotatable bonds is 5. The van der Waals surface area contributed by atoms with E-state index in [1.807, 2.05) is 7.05 Å². The Kier molecular flexibility index (Phi) is 4.67. The molecular formula is C11H19N5O2S. The van der Waals surface area contributed by atoms with Crippen LogP contribution in [-0.2, 0) is 10.2 Å². The number of nitrogens with zero attached hydrogens (tertiary/aromatic N) is 3. The van der Waals surface area contributed by atoms with E-state index in [1.165, 1.54) is 23.0 Å². The molecule has 1 aliphatic heterocycles. The van der Waals surface area contributed by atoms with Crippen LogP contribution in [0.25, 0.3) is 0 Å². The van der Waals surface area contributed by atoms with E-state index in [0.29, 0.717) is 18.8 Å². The van der Waals surface area contributed by atoms with E-state index < -0.39 is 10.2 Å². The Morgan fingerprint density at radius 2 is 2.11 bits per heavy atom. The first-order valence-electron chi connectivity index (χ1n) is 6.32. The molecule has 7 nitrogen and oxygen atoms in total. The molecule has 2 heterocycles. The number of nitrogens with one attached hydrogen (secondary N) is 2. The third-order valence-corrected chi connectivity index (χ3v) is 4.72. The lowest BCUT2D eigenvalue weighted by Gasteiger charge is -2.34. The maximum absolute atomic E-state index is 12.4. The number of hydrogen-bond donors (Lipinski definition) is 2. The summed E-state index contributed by atoms with van der Waals surface area (Å²) in [4.78, 5) is 7.60. The van der Waals surface area contributed by atoms with Gasteiger partial charge in [0.05, 0.1) is 18.1 Å². The summed E-state index contributed by atoms with van der Waals surface area (Å²) in [5.41, 5.74) is 0.385. The molecule has 2 rings (SSSR count). The van der Waals surface area contributed by atoms with Gasteiger partial charge in [0, 0.05) is 19.1 Å². The van der Waals surface area contributed by atoms with Crippen LogP contribution in [0.5, 0.6) is 0 Å². The lowest BCUT2D eigenvalue weighted by Crippen LogP contribution is -2.49. The van der Waals surface area contributed by atoms with Crippen molar-refractivity contribution in [2.75, 3.05) is 24.9 Å². The fourth-order valence-electron chi connectivity index (χ4n) is 2.29. The molecule has 1 aliphatic rings. The molecule has 0 bridgehead atoms. The van der Waals surface area contributed by atoms with E-state index in [9.17, 15) is 8.42 Å². The Labute approximate surface area is 113 Å². The molecule has 0 aliphatic carbocycles. The number of anilines is 1. The quantitative estimate of drug-likeness (QED) is 0.807. The van der Waals surface area contributed by atoms with Crippen molar-refractivity contribution in [3.05, 3.63) is 18.7 Å². The number of hydrogen-bond acceptors (Lipinski definition) is 5. The van der Waals surface area contributed by atoms with Crippen molar-refractivity contribution in [3.8, 4) is 0 Å². The van der Waals surface area contributed by atoms with Crippen molar-refractivity contribution in [1.29, 1.82) is 0 Å². The Morgan fingerprint density at radius 3 is 2.79 bits per heavy atom. The maximum atomic E-state index is 12.4. The molecule has 0 radical (unpaired) electrons. The molecule has 1 atom stereocenters. The number of aromatic nitrogens is 2. The lowest BCUT2D eigenvalue weighted by atomic mass is 10.1. The van der Waals surface area contributed by atoms with Crippen molar-refractivity contribution in [2.24, 2.45) is 0 Å². The monoisotopic (exact) mass is 285 g/mol. The van der Waals surface area contributed by atoms with Crippen molar-refractivity contribution in [3.63, 3.8) is 0 Å².